The Bertz CT molecular complexity index is 1170. The molecule has 0 saturated carbocycles. The molecule has 0 bridgehead atoms. The largest absolute Gasteiger partial charge is 0.508 e. The number of aromatic hydroxyl groups is 1. The van der Waals surface area contributed by atoms with E-state index >= 15 is 0 Å². The summed E-state index contributed by atoms with van der Waals surface area (Å²) < 4.78 is 11.8. The van der Waals surface area contributed by atoms with Crippen molar-refractivity contribution >= 4 is 17.9 Å². The van der Waals surface area contributed by atoms with Gasteiger partial charge in [0.15, 0.2) is 6.10 Å². The van der Waals surface area contributed by atoms with Crippen LogP contribution in [0, 0.1) is 0 Å². The molecule has 0 aliphatic carbocycles. The first-order valence-electron chi connectivity index (χ1n) is 11.1. The van der Waals surface area contributed by atoms with E-state index in [2.05, 4.69) is 5.32 Å². The first-order chi connectivity index (χ1) is 17.5. The van der Waals surface area contributed by atoms with Crippen LogP contribution in [0.2, 0.25) is 0 Å². The lowest BCUT2D eigenvalue weighted by Crippen LogP contribution is -2.36. The quantitative estimate of drug-likeness (QED) is 0.189. The van der Waals surface area contributed by atoms with E-state index in [1.165, 1.54) is 23.7 Å². The number of imide groups is 1. The molecule has 186 valence electrons. The molecule has 0 aliphatic heterocycles. The van der Waals surface area contributed by atoms with Gasteiger partial charge in [-0.1, -0.05) is 54.6 Å². The minimum Gasteiger partial charge on any atom is -0.508 e. The maximum Gasteiger partial charge on any atom is 0.414 e. The fraction of sp³-hybridized carbons (Fsp3) is 0.148. The van der Waals surface area contributed by atoms with Crippen LogP contribution in [0.15, 0.2) is 97.1 Å². The fourth-order valence-corrected chi connectivity index (χ4v) is 3.36. The highest BCUT2D eigenvalue weighted by Crippen LogP contribution is 2.30. The molecule has 0 unspecified atom stereocenters. The Kier molecular flexibility index (Phi) is 9.60. The predicted octanol–water partition coefficient (Wildman–Crippen LogP) is 4.29. The summed E-state index contributed by atoms with van der Waals surface area (Å²) in [7, 11) is 0. The number of para-hydroxylation sites is 1. The van der Waals surface area contributed by atoms with E-state index < -0.39 is 30.1 Å². The second kappa shape index (κ2) is 13.3. The maximum atomic E-state index is 12.7. The highest BCUT2D eigenvalue weighted by Gasteiger charge is 2.29. The monoisotopic (exact) mass is 490 g/mol. The van der Waals surface area contributed by atoms with Crippen molar-refractivity contribution in [2.75, 3.05) is 0 Å². The van der Waals surface area contributed by atoms with Crippen molar-refractivity contribution in [2.24, 2.45) is 0 Å². The Morgan fingerprint density at radius 3 is 2.17 bits per heavy atom. The number of amides is 3. The zero-order valence-electron chi connectivity index (χ0n) is 19.2. The molecule has 0 aliphatic rings. The molecule has 0 heterocycles. The molecule has 3 aromatic rings. The number of carbonyl (C=O) groups excluding carboxylic acids is 3. The summed E-state index contributed by atoms with van der Waals surface area (Å²) >= 11 is 0. The number of hydrogen-bond acceptors (Lipinski definition) is 7. The molecule has 2 atom stereocenters. The Balaban J connectivity index is 1.84. The summed E-state index contributed by atoms with van der Waals surface area (Å²) in [6.07, 6.45) is 0.661. The number of hydroxylamine groups is 1. The summed E-state index contributed by atoms with van der Waals surface area (Å²) in [5.41, 5.74) is 2.33. The second-order valence-electron chi connectivity index (χ2n) is 7.66. The molecular weight excluding hydrogens is 464 g/mol. The van der Waals surface area contributed by atoms with Crippen molar-refractivity contribution in [3.63, 3.8) is 0 Å². The highest BCUT2D eigenvalue weighted by molar-refractivity contribution is 6.02. The molecule has 0 aromatic heterocycles. The van der Waals surface area contributed by atoms with Gasteiger partial charge in [-0.3, -0.25) is 20.1 Å². The van der Waals surface area contributed by atoms with E-state index in [0.29, 0.717) is 29.7 Å². The van der Waals surface area contributed by atoms with Gasteiger partial charge in [0.1, 0.15) is 17.6 Å². The standard InChI is InChI=1S/C27H26N2O7/c30-21-17-15-19(16-18-21)25(36-27(33)28-26(32)20-9-3-1-4-10-20)23(13-7-8-14-24(31)29-34)35-22-11-5-2-6-12-22/h1-6,8-12,14-18,23,25,30,34H,7,13H2,(H,29,31)(H,28,32,33)/b14-8+/t23-,25-/m0/s1. The summed E-state index contributed by atoms with van der Waals surface area (Å²) in [4.78, 5) is 36.5. The Labute approximate surface area is 207 Å². The van der Waals surface area contributed by atoms with Crippen LogP contribution in [-0.4, -0.2) is 34.3 Å². The number of alkyl carbamates (subject to hydrolysis) is 1. The lowest BCUT2D eigenvalue weighted by molar-refractivity contribution is -0.124. The number of benzene rings is 3. The van der Waals surface area contributed by atoms with E-state index in [1.807, 2.05) is 6.07 Å². The molecular formula is C27H26N2O7. The molecule has 0 fully saturated rings. The second-order valence-corrected chi connectivity index (χ2v) is 7.66. The third-order valence-corrected chi connectivity index (χ3v) is 5.07. The minimum absolute atomic E-state index is 0.0275. The predicted molar refractivity (Wildman–Crippen MR) is 130 cm³/mol. The first kappa shape index (κ1) is 26.0. The van der Waals surface area contributed by atoms with Crippen LogP contribution in [0.5, 0.6) is 11.5 Å². The molecule has 0 radical (unpaired) electrons. The zero-order chi connectivity index (χ0) is 25.8. The third kappa shape index (κ3) is 8.00. The molecule has 9 nitrogen and oxygen atoms in total. The summed E-state index contributed by atoms with van der Waals surface area (Å²) in [5, 5.41) is 20.6. The number of rotatable bonds is 10. The highest BCUT2D eigenvalue weighted by atomic mass is 16.6. The lowest BCUT2D eigenvalue weighted by Gasteiger charge is -2.28. The van der Waals surface area contributed by atoms with Crippen LogP contribution in [0.4, 0.5) is 4.79 Å². The fourth-order valence-electron chi connectivity index (χ4n) is 3.36. The van der Waals surface area contributed by atoms with Crippen LogP contribution >= 0.6 is 0 Å². The smallest absolute Gasteiger partial charge is 0.414 e. The van der Waals surface area contributed by atoms with E-state index in [1.54, 1.807) is 72.8 Å². The van der Waals surface area contributed by atoms with Crippen molar-refractivity contribution in [3.05, 3.63) is 108 Å². The number of phenolic OH excluding ortho intramolecular Hbond substituents is 1. The Morgan fingerprint density at radius 2 is 1.53 bits per heavy atom. The van der Waals surface area contributed by atoms with Gasteiger partial charge in [-0.2, -0.15) is 0 Å². The van der Waals surface area contributed by atoms with Crippen molar-refractivity contribution in [1.82, 2.24) is 10.8 Å². The van der Waals surface area contributed by atoms with Gasteiger partial charge >= 0.3 is 6.09 Å². The van der Waals surface area contributed by atoms with Crippen molar-refractivity contribution in [2.45, 2.75) is 25.0 Å². The number of nitrogens with one attached hydrogen (secondary N) is 2. The van der Waals surface area contributed by atoms with E-state index in [-0.39, 0.29) is 5.75 Å². The zero-order valence-corrected chi connectivity index (χ0v) is 19.2. The number of carbonyl (C=O) groups is 3. The summed E-state index contributed by atoms with van der Waals surface area (Å²) in [5.74, 6) is -0.753. The van der Waals surface area contributed by atoms with Gasteiger partial charge in [-0.05, 0) is 54.8 Å². The number of ether oxygens (including phenoxy) is 2. The SMILES string of the molecule is O=C(/C=C/CC[C@H](Oc1ccccc1)[C@@H](OC(=O)NC(=O)c1ccccc1)c1ccc(O)cc1)NO. The van der Waals surface area contributed by atoms with Gasteiger partial charge in [0.2, 0.25) is 0 Å². The minimum atomic E-state index is -0.977. The molecule has 36 heavy (non-hydrogen) atoms. The van der Waals surface area contributed by atoms with Gasteiger partial charge < -0.3 is 14.6 Å². The van der Waals surface area contributed by atoms with Crippen LogP contribution in [0.1, 0.15) is 34.9 Å². The third-order valence-electron chi connectivity index (χ3n) is 5.07. The average Bonchev–Trinajstić information content (AvgIpc) is 2.90. The lowest BCUT2D eigenvalue weighted by atomic mass is 10.00. The van der Waals surface area contributed by atoms with Gasteiger partial charge in [0.25, 0.3) is 11.8 Å². The van der Waals surface area contributed by atoms with Crippen molar-refractivity contribution in [1.29, 1.82) is 0 Å². The van der Waals surface area contributed by atoms with Crippen molar-refractivity contribution in [3.8, 4) is 11.5 Å². The van der Waals surface area contributed by atoms with Crippen LogP contribution in [-0.2, 0) is 9.53 Å². The topological polar surface area (TPSA) is 134 Å². The molecule has 3 aromatic carbocycles. The van der Waals surface area contributed by atoms with Gasteiger partial charge in [-0.15, -0.1) is 0 Å². The Morgan fingerprint density at radius 1 is 0.889 bits per heavy atom. The summed E-state index contributed by atoms with van der Waals surface area (Å²) in [6.45, 7) is 0. The van der Waals surface area contributed by atoms with Crippen molar-refractivity contribution < 1.29 is 34.2 Å². The van der Waals surface area contributed by atoms with E-state index in [9.17, 15) is 19.5 Å². The number of allylic oxidation sites excluding steroid dienone is 1. The van der Waals surface area contributed by atoms with Gasteiger partial charge in [0.05, 0.1) is 0 Å². The molecule has 9 heteroatoms. The van der Waals surface area contributed by atoms with E-state index in [0.717, 1.165) is 0 Å². The average molecular weight is 491 g/mol. The summed E-state index contributed by atoms with van der Waals surface area (Å²) in [6, 6.07) is 23.2. The van der Waals surface area contributed by atoms with Crippen LogP contribution < -0.4 is 15.5 Å². The number of hydrogen-bond donors (Lipinski definition) is 4. The van der Waals surface area contributed by atoms with E-state index in [4.69, 9.17) is 14.7 Å². The van der Waals surface area contributed by atoms with Crippen LogP contribution in [0.25, 0.3) is 0 Å². The molecule has 4 N–H and O–H groups in total. The van der Waals surface area contributed by atoms with Gasteiger partial charge in [-0.25, -0.2) is 10.3 Å². The maximum absolute atomic E-state index is 12.7. The Hall–Kier alpha value is -4.63. The number of phenols is 1. The molecule has 3 rings (SSSR count). The molecule has 0 spiro atoms. The normalized spacial score (nSPS) is 12.4. The molecule has 0 saturated heterocycles. The van der Waals surface area contributed by atoms with Crippen LogP contribution in [0.3, 0.4) is 0 Å². The first-order valence-corrected chi connectivity index (χ1v) is 11.1. The van der Waals surface area contributed by atoms with Gasteiger partial charge in [0, 0.05) is 11.6 Å². The molecule has 3 amide bonds.